The SMILES string of the molecule is Cc1nnc(NC(=O)Cn2cccn2)s1. The highest BCUT2D eigenvalue weighted by Gasteiger charge is 2.06. The van der Waals surface area contributed by atoms with Gasteiger partial charge in [0.05, 0.1) is 0 Å². The molecule has 0 aliphatic rings. The van der Waals surface area contributed by atoms with Crippen LogP contribution < -0.4 is 5.32 Å². The maximum Gasteiger partial charge on any atom is 0.247 e. The summed E-state index contributed by atoms with van der Waals surface area (Å²) in [4.78, 5) is 11.5. The van der Waals surface area contributed by atoms with E-state index in [1.165, 1.54) is 11.3 Å². The molecular weight excluding hydrogens is 214 g/mol. The second-order valence-electron chi connectivity index (χ2n) is 2.88. The molecule has 0 atom stereocenters. The maximum absolute atomic E-state index is 11.5. The molecule has 1 N–H and O–H groups in total. The lowest BCUT2D eigenvalue weighted by atomic mass is 10.6. The number of rotatable bonds is 3. The van der Waals surface area contributed by atoms with E-state index in [4.69, 9.17) is 0 Å². The van der Waals surface area contributed by atoms with Crippen molar-refractivity contribution in [3.05, 3.63) is 23.5 Å². The van der Waals surface area contributed by atoms with Gasteiger partial charge >= 0.3 is 0 Å². The lowest BCUT2D eigenvalue weighted by Gasteiger charge is -2.00. The van der Waals surface area contributed by atoms with Crippen LogP contribution in [0.5, 0.6) is 0 Å². The summed E-state index contributed by atoms with van der Waals surface area (Å²) in [7, 11) is 0. The van der Waals surface area contributed by atoms with E-state index in [0.29, 0.717) is 5.13 Å². The van der Waals surface area contributed by atoms with Gasteiger partial charge in [0.15, 0.2) is 0 Å². The number of nitrogens with zero attached hydrogens (tertiary/aromatic N) is 4. The summed E-state index contributed by atoms with van der Waals surface area (Å²) >= 11 is 1.34. The van der Waals surface area contributed by atoms with E-state index >= 15 is 0 Å². The monoisotopic (exact) mass is 223 g/mol. The topological polar surface area (TPSA) is 72.7 Å². The minimum atomic E-state index is -0.158. The van der Waals surface area contributed by atoms with E-state index in [-0.39, 0.29) is 12.5 Å². The van der Waals surface area contributed by atoms with E-state index in [1.54, 1.807) is 23.1 Å². The molecule has 2 aromatic heterocycles. The molecule has 0 unspecified atom stereocenters. The minimum absolute atomic E-state index is 0.158. The van der Waals surface area contributed by atoms with Gasteiger partial charge in [-0.2, -0.15) is 5.10 Å². The zero-order valence-electron chi connectivity index (χ0n) is 8.04. The smallest absolute Gasteiger partial charge is 0.247 e. The molecule has 2 heterocycles. The number of anilines is 1. The van der Waals surface area contributed by atoms with Crippen LogP contribution in [0, 0.1) is 6.92 Å². The Morgan fingerprint density at radius 2 is 2.47 bits per heavy atom. The van der Waals surface area contributed by atoms with E-state index in [0.717, 1.165) is 5.01 Å². The van der Waals surface area contributed by atoms with Crippen LogP contribution in [-0.2, 0) is 11.3 Å². The number of aromatic nitrogens is 4. The number of hydrogen-bond donors (Lipinski definition) is 1. The molecule has 0 aliphatic heterocycles. The van der Waals surface area contributed by atoms with Gasteiger partial charge in [-0.25, -0.2) is 0 Å². The van der Waals surface area contributed by atoms with Crippen molar-refractivity contribution in [1.29, 1.82) is 0 Å². The molecular formula is C8H9N5OS. The lowest BCUT2D eigenvalue weighted by molar-refractivity contribution is -0.116. The van der Waals surface area contributed by atoms with Crippen LogP contribution in [0.2, 0.25) is 0 Å². The molecule has 78 valence electrons. The number of carbonyl (C=O) groups excluding carboxylic acids is 1. The molecule has 0 fully saturated rings. The normalized spacial score (nSPS) is 10.2. The van der Waals surface area contributed by atoms with E-state index in [1.807, 2.05) is 6.92 Å². The van der Waals surface area contributed by atoms with E-state index in [2.05, 4.69) is 20.6 Å². The van der Waals surface area contributed by atoms with Gasteiger partial charge in [0.25, 0.3) is 0 Å². The highest BCUT2D eigenvalue weighted by atomic mass is 32.1. The quantitative estimate of drug-likeness (QED) is 0.830. The first kappa shape index (κ1) is 9.78. The second-order valence-corrected chi connectivity index (χ2v) is 4.06. The van der Waals surface area contributed by atoms with Gasteiger partial charge in [0, 0.05) is 12.4 Å². The summed E-state index contributed by atoms with van der Waals surface area (Å²) in [5.74, 6) is -0.158. The second kappa shape index (κ2) is 4.18. The summed E-state index contributed by atoms with van der Waals surface area (Å²) in [5, 5.41) is 15.5. The van der Waals surface area contributed by atoms with Gasteiger partial charge in [-0.3, -0.25) is 14.8 Å². The van der Waals surface area contributed by atoms with Crippen LogP contribution in [0.25, 0.3) is 0 Å². The van der Waals surface area contributed by atoms with Crippen molar-refractivity contribution >= 4 is 22.4 Å². The third-order valence-electron chi connectivity index (χ3n) is 1.64. The summed E-state index contributed by atoms with van der Waals surface area (Å²) < 4.78 is 1.54. The fourth-order valence-electron chi connectivity index (χ4n) is 1.05. The fourth-order valence-corrected chi connectivity index (χ4v) is 1.65. The molecule has 2 aromatic rings. The van der Waals surface area contributed by atoms with Crippen molar-refractivity contribution in [2.24, 2.45) is 0 Å². The van der Waals surface area contributed by atoms with Gasteiger partial charge in [0.1, 0.15) is 11.6 Å². The molecule has 0 aliphatic carbocycles. The molecule has 1 amide bonds. The third kappa shape index (κ3) is 2.59. The fraction of sp³-hybridized carbons (Fsp3) is 0.250. The zero-order valence-corrected chi connectivity index (χ0v) is 8.86. The van der Waals surface area contributed by atoms with Crippen LogP contribution in [-0.4, -0.2) is 25.9 Å². The van der Waals surface area contributed by atoms with Crippen LogP contribution in [0.3, 0.4) is 0 Å². The van der Waals surface area contributed by atoms with Crippen molar-refractivity contribution in [3.8, 4) is 0 Å². The predicted molar refractivity (Wildman–Crippen MR) is 55.5 cm³/mol. The molecule has 6 nitrogen and oxygen atoms in total. The summed E-state index contributed by atoms with van der Waals surface area (Å²) in [6.07, 6.45) is 3.35. The predicted octanol–water partition coefficient (Wildman–Crippen LogP) is 0.682. The Kier molecular flexibility index (Phi) is 2.72. The molecule has 0 radical (unpaired) electrons. The standard InChI is InChI=1S/C8H9N5OS/c1-6-11-12-8(15-6)10-7(14)5-13-4-2-3-9-13/h2-4H,5H2,1H3,(H,10,12,14). The first-order valence-electron chi connectivity index (χ1n) is 4.31. The van der Waals surface area contributed by atoms with Crippen molar-refractivity contribution in [2.75, 3.05) is 5.32 Å². The van der Waals surface area contributed by atoms with Gasteiger partial charge in [0.2, 0.25) is 11.0 Å². The minimum Gasteiger partial charge on any atom is -0.299 e. The molecule has 0 saturated heterocycles. The Labute approximate surface area is 90.0 Å². The average Bonchev–Trinajstić information content (AvgIpc) is 2.77. The summed E-state index contributed by atoms with van der Waals surface area (Å²) in [6.45, 7) is 2.02. The van der Waals surface area contributed by atoms with Gasteiger partial charge in [-0.15, -0.1) is 10.2 Å². The van der Waals surface area contributed by atoms with Gasteiger partial charge < -0.3 is 0 Å². The Hall–Kier alpha value is -1.76. The average molecular weight is 223 g/mol. The number of amides is 1. The highest BCUT2D eigenvalue weighted by molar-refractivity contribution is 7.15. The van der Waals surface area contributed by atoms with Crippen LogP contribution >= 0.6 is 11.3 Å². The Bertz CT molecular complexity index is 449. The van der Waals surface area contributed by atoms with E-state index in [9.17, 15) is 4.79 Å². The van der Waals surface area contributed by atoms with Gasteiger partial charge in [-0.1, -0.05) is 11.3 Å². The number of aryl methyl sites for hydroxylation is 1. The molecule has 0 aromatic carbocycles. The molecule has 2 rings (SSSR count). The first-order valence-corrected chi connectivity index (χ1v) is 5.13. The molecule has 0 spiro atoms. The third-order valence-corrected chi connectivity index (χ3v) is 2.39. The van der Waals surface area contributed by atoms with Crippen molar-refractivity contribution in [2.45, 2.75) is 13.5 Å². The Morgan fingerprint density at radius 3 is 3.07 bits per heavy atom. The van der Waals surface area contributed by atoms with Crippen molar-refractivity contribution in [1.82, 2.24) is 20.0 Å². The first-order chi connectivity index (χ1) is 7.24. The number of nitrogens with one attached hydrogen (secondary N) is 1. The molecule has 7 heteroatoms. The van der Waals surface area contributed by atoms with E-state index < -0.39 is 0 Å². The zero-order chi connectivity index (χ0) is 10.7. The molecule has 0 bridgehead atoms. The van der Waals surface area contributed by atoms with Crippen molar-refractivity contribution < 1.29 is 4.79 Å². The summed E-state index contributed by atoms with van der Waals surface area (Å²) in [6, 6.07) is 1.77. The van der Waals surface area contributed by atoms with Crippen LogP contribution in [0.4, 0.5) is 5.13 Å². The number of hydrogen-bond acceptors (Lipinski definition) is 5. The molecule has 0 saturated carbocycles. The Morgan fingerprint density at radius 1 is 1.60 bits per heavy atom. The largest absolute Gasteiger partial charge is 0.299 e. The van der Waals surface area contributed by atoms with Crippen LogP contribution in [0.15, 0.2) is 18.5 Å². The van der Waals surface area contributed by atoms with Crippen LogP contribution in [0.1, 0.15) is 5.01 Å². The lowest BCUT2D eigenvalue weighted by Crippen LogP contribution is -2.18. The summed E-state index contributed by atoms with van der Waals surface area (Å²) in [5.41, 5.74) is 0. The van der Waals surface area contributed by atoms with Gasteiger partial charge in [-0.05, 0) is 13.0 Å². The molecule has 15 heavy (non-hydrogen) atoms. The maximum atomic E-state index is 11.5. The Balaban J connectivity index is 1.93. The van der Waals surface area contributed by atoms with Crippen molar-refractivity contribution in [3.63, 3.8) is 0 Å². The number of carbonyl (C=O) groups is 1. The highest BCUT2D eigenvalue weighted by Crippen LogP contribution is 2.13.